The van der Waals surface area contributed by atoms with Gasteiger partial charge < -0.3 is 28.4 Å². The number of halogens is 2. The molecule has 0 atom stereocenters. The van der Waals surface area contributed by atoms with E-state index in [2.05, 4.69) is 19.9 Å². The molecule has 0 unspecified atom stereocenters. The minimum Gasteiger partial charge on any atom is -0.493 e. The fourth-order valence-electron chi connectivity index (χ4n) is 6.47. The molecule has 8 aromatic rings. The van der Waals surface area contributed by atoms with Crippen LogP contribution in [-0.4, -0.2) is 72.6 Å². The third kappa shape index (κ3) is 19.1. The van der Waals surface area contributed by atoms with Crippen LogP contribution in [0.15, 0.2) is 146 Å². The monoisotopic (exact) mass is 1100 g/mol. The van der Waals surface area contributed by atoms with Gasteiger partial charge in [0.25, 0.3) is 0 Å². The molecule has 0 amide bonds. The summed E-state index contributed by atoms with van der Waals surface area (Å²) in [5.41, 5.74) is 9.81. The van der Waals surface area contributed by atoms with Crippen LogP contribution in [0.5, 0.6) is 34.5 Å². The van der Waals surface area contributed by atoms with Crippen LogP contribution in [0, 0.1) is 31.8 Å². The molecule has 1 radical (unpaired) electrons. The Balaban J connectivity index is 0.000000312. The molecule has 6 heterocycles. The van der Waals surface area contributed by atoms with Crippen molar-refractivity contribution in [1.82, 2.24) is 29.9 Å². The van der Waals surface area contributed by atoms with Gasteiger partial charge in [-0.15, -0.1) is 20.5 Å². The quantitative estimate of drug-likeness (QED) is 0.153. The average Bonchev–Trinajstić information content (AvgIpc) is 3.40. The third-order valence-corrected chi connectivity index (χ3v) is 9.36. The second-order valence-corrected chi connectivity index (χ2v) is 15.4. The molecule has 6 aromatic heterocycles. The Kier molecular flexibility index (Phi) is 24.5. The summed E-state index contributed by atoms with van der Waals surface area (Å²) in [4.78, 5) is 27.5. The predicted molar refractivity (Wildman–Crippen MR) is 243 cm³/mol. The first-order valence-corrected chi connectivity index (χ1v) is 23.2. The number of nitrogens with zero attached hydrogens (tertiary/aromatic N) is 7. The van der Waals surface area contributed by atoms with Crippen LogP contribution in [0.25, 0.3) is 67.8 Å². The van der Waals surface area contributed by atoms with Crippen LogP contribution in [0.4, 0.5) is 0 Å². The molecular weight excluding hydrogens is 1060 g/mol. The summed E-state index contributed by atoms with van der Waals surface area (Å²) in [5.74, 6) is 3.44. The van der Waals surface area contributed by atoms with Gasteiger partial charge in [-0.3, -0.25) is 19.9 Å². The third-order valence-electron chi connectivity index (χ3n) is 9.36. The molecule has 0 saturated carbocycles. The Morgan fingerprint density at radius 3 is 0.730 bits per heavy atom. The van der Waals surface area contributed by atoms with Crippen LogP contribution in [0.2, 0.25) is 0 Å². The average molecular weight is 1100 g/mol. The zero-order valence-corrected chi connectivity index (χ0v) is 42.7. The smallest absolute Gasteiger partial charge is 0.493 e. The molecule has 8 rings (SSSR count). The van der Waals surface area contributed by atoms with Gasteiger partial charge in [0, 0.05) is 31.7 Å². The molecular formula is C50H45Cl2CuN7O14. The first kappa shape index (κ1) is 60.7. The summed E-state index contributed by atoms with van der Waals surface area (Å²) in [6.45, 7) is 1.43. The number of methoxy groups -OCH3 is 6. The molecule has 24 heteroatoms. The zero-order chi connectivity index (χ0) is 53.6. The topological polar surface area (TPSA) is 341 Å². The first-order valence-electron chi connectivity index (χ1n) is 20.7. The van der Waals surface area contributed by atoms with Gasteiger partial charge in [0.05, 0.1) is 94.3 Å². The molecule has 21 nitrogen and oxygen atoms in total. The Hall–Kier alpha value is -7.59. The number of ether oxygens (including phenoxy) is 6. The maximum atomic E-state index is 8.49. The molecule has 389 valence electrons. The number of pyridine rings is 6. The maximum Gasteiger partial charge on any atom is 2.00 e. The molecule has 74 heavy (non-hydrogen) atoms. The van der Waals surface area contributed by atoms with Gasteiger partial charge in [-0.1, -0.05) is 24.3 Å². The summed E-state index contributed by atoms with van der Waals surface area (Å²) in [5, 5.41) is 7.32. The van der Waals surface area contributed by atoms with E-state index in [1.54, 1.807) is 73.5 Å². The van der Waals surface area contributed by atoms with Crippen molar-refractivity contribution in [1.29, 1.82) is 5.26 Å². The molecule has 0 fully saturated rings. The Bertz CT molecular complexity index is 2640. The summed E-state index contributed by atoms with van der Waals surface area (Å²) in [6.07, 6.45) is 7.01. The fourth-order valence-corrected chi connectivity index (χ4v) is 6.47. The van der Waals surface area contributed by atoms with Gasteiger partial charge in [0.2, 0.25) is 11.5 Å². The SMILES string of the molecule is CC#N.COc1cc(-c2cc(-c3ccccn3)nc(-c3ccccn3)c2)cc(OC)c1OC.COc1cc(-c2cc(-c3ccccn3)nc(-c3ccccn3)c2)cc(OC)c1OC.[Cu+2].[O-][Cl+3]([O-])([O-])[O-].[O-][Cl+3]([O-])([O-])[O-]. The minimum atomic E-state index is -4.94. The molecule has 0 aliphatic heterocycles. The Morgan fingerprint density at radius 1 is 0.365 bits per heavy atom. The Labute approximate surface area is 440 Å². The van der Waals surface area contributed by atoms with Gasteiger partial charge in [-0.05, 0) is 119 Å². The van der Waals surface area contributed by atoms with E-state index < -0.39 is 20.5 Å². The van der Waals surface area contributed by atoms with Crippen molar-refractivity contribution in [2.45, 2.75) is 6.92 Å². The van der Waals surface area contributed by atoms with Crippen LogP contribution >= 0.6 is 0 Å². The molecule has 0 N–H and O–H groups in total. The van der Waals surface area contributed by atoms with Crippen molar-refractivity contribution in [2.75, 3.05) is 42.7 Å². The van der Waals surface area contributed by atoms with E-state index in [4.69, 9.17) is 80.9 Å². The molecule has 0 spiro atoms. The maximum absolute atomic E-state index is 8.49. The van der Waals surface area contributed by atoms with Crippen LogP contribution < -0.4 is 65.7 Å². The number of aromatic nitrogens is 6. The van der Waals surface area contributed by atoms with E-state index in [0.717, 1.165) is 67.8 Å². The number of hydrogen-bond acceptors (Lipinski definition) is 21. The summed E-state index contributed by atoms with van der Waals surface area (Å²) in [7, 11) is -0.299. The first-order chi connectivity index (χ1) is 34.9. The number of benzene rings is 2. The van der Waals surface area contributed by atoms with Crippen molar-refractivity contribution in [2.24, 2.45) is 0 Å². The van der Waals surface area contributed by atoms with Gasteiger partial charge in [-0.2, -0.15) is 5.26 Å². The molecule has 0 bridgehead atoms. The van der Waals surface area contributed by atoms with Crippen molar-refractivity contribution in [3.05, 3.63) is 146 Å². The van der Waals surface area contributed by atoms with Crippen molar-refractivity contribution >= 4 is 0 Å². The second-order valence-electron chi connectivity index (χ2n) is 13.9. The number of hydrogen-bond donors (Lipinski definition) is 0. The normalized spacial score (nSPS) is 10.2. The largest absolute Gasteiger partial charge is 2.00 e. The summed E-state index contributed by atoms with van der Waals surface area (Å²) >= 11 is 0. The van der Waals surface area contributed by atoms with E-state index in [9.17, 15) is 0 Å². The zero-order valence-electron chi connectivity index (χ0n) is 40.3. The number of rotatable bonds is 12. The Morgan fingerprint density at radius 2 is 0.568 bits per heavy atom. The summed E-state index contributed by atoms with van der Waals surface area (Å²) in [6, 6.07) is 40.4. The molecule has 0 aliphatic rings. The summed E-state index contributed by atoms with van der Waals surface area (Å²) < 4.78 is 101. The van der Waals surface area contributed by atoms with E-state index in [0.29, 0.717) is 34.5 Å². The standard InChI is InChI=1S/2C24H21N3O3.C2H3N.2ClHO4.Cu/c2*1-28-22-14-17(15-23(29-2)24(22)30-3)16-12-20(18-8-4-6-10-25-18)27-21(13-16)19-9-5-7-11-26-19;1-2-3;2*2-1(3,4)5;/h2*4-15H,1-3H3;1H3;2*(H,2,3,4,5);/q;;;;;+2/p-2. The predicted octanol–water partition coefficient (Wildman–Crippen LogP) is 0.812. The van der Waals surface area contributed by atoms with E-state index >= 15 is 0 Å². The van der Waals surface area contributed by atoms with Crippen molar-refractivity contribution in [3.8, 4) is 108 Å². The van der Waals surface area contributed by atoms with Crippen LogP contribution in [0.1, 0.15) is 6.92 Å². The van der Waals surface area contributed by atoms with E-state index in [1.807, 2.05) is 121 Å². The van der Waals surface area contributed by atoms with Crippen molar-refractivity contribution in [3.63, 3.8) is 0 Å². The fraction of sp³-hybridized carbons (Fsp3) is 0.140. The van der Waals surface area contributed by atoms with Gasteiger partial charge >= 0.3 is 17.1 Å². The van der Waals surface area contributed by atoms with Crippen LogP contribution in [0.3, 0.4) is 0 Å². The van der Waals surface area contributed by atoms with Crippen molar-refractivity contribution < 1.29 is 103 Å². The van der Waals surface area contributed by atoms with E-state index in [1.165, 1.54) is 6.92 Å². The van der Waals surface area contributed by atoms with Gasteiger partial charge in [-0.25, -0.2) is 47.2 Å². The van der Waals surface area contributed by atoms with Gasteiger partial charge in [0.15, 0.2) is 23.0 Å². The number of nitriles is 1. The second kappa shape index (κ2) is 29.8. The minimum absolute atomic E-state index is 0. The molecule has 0 aliphatic carbocycles. The van der Waals surface area contributed by atoms with Gasteiger partial charge in [0.1, 0.15) is 0 Å². The molecule has 2 aromatic carbocycles. The van der Waals surface area contributed by atoms with E-state index in [-0.39, 0.29) is 17.1 Å². The molecule has 0 saturated heterocycles. The van der Waals surface area contributed by atoms with Crippen LogP contribution in [-0.2, 0) is 17.1 Å².